The first-order chi connectivity index (χ1) is 8.70. The maximum absolute atomic E-state index is 10.5. The number of oxazole rings is 1. The third kappa shape index (κ3) is 2.72. The van der Waals surface area contributed by atoms with Crippen LogP contribution in [0.15, 0.2) is 34.9 Å². The van der Waals surface area contributed by atoms with Gasteiger partial charge in [-0.05, 0) is 25.1 Å². The monoisotopic (exact) mass is 247 g/mol. The molecule has 2 aromatic rings. The Morgan fingerprint density at radius 2 is 2.06 bits per heavy atom. The van der Waals surface area contributed by atoms with Gasteiger partial charge in [-0.25, -0.2) is 4.98 Å². The van der Waals surface area contributed by atoms with Crippen molar-refractivity contribution in [1.82, 2.24) is 4.98 Å². The Morgan fingerprint density at radius 1 is 1.33 bits per heavy atom. The number of rotatable bonds is 5. The van der Waals surface area contributed by atoms with Crippen molar-refractivity contribution in [2.45, 2.75) is 12.8 Å². The van der Waals surface area contributed by atoms with Gasteiger partial charge >= 0.3 is 0 Å². The molecule has 1 heterocycles. The van der Waals surface area contributed by atoms with Gasteiger partial charge < -0.3 is 10.2 Å². The molecule has 1 aromatic heterocycles. The van der Waals surface area contributed by atoms with E-state index in [2.05, 4.69) is 4.98 Å². The van der Waals surface area contributed by atoms with Crippen LogP contribution in [0.25, 0.3) is 11.3 Å². The minimum Gasteiger partial charge on any atom is -0.441 e. The molecule has 0 amide bonds. The van der Waals surface area contributed by atoms with Crippen molar-refractivity contribution in [3.05, 3.63) is 46.5 Å². The molecule has 0 saturated carbocycles. The normalized spacial score (nSPS) is 10.5. The number of nitro groups is 1. The molecule has 0 atom stereocenters. The van der Waals surface area contributed by atoms with Gasteiger partial charge in [-0.1, -0.05) is 0 Å². The molecule has 2 rings (SSSR count). The van der Waals surface area contributed by atoms with E-state index in [1.807, 2.05) is 0 Å². The lowest BCUT2D eigenvalue weighted by Crippen LogP contribution is -2.00. The van der Waals surface area contributed by atoms with Gasteiger partial charge in [-0.2, -0.15) is 0 Å². The Labute approximate surface area is 104 Å². The SMILES string of the molecule is NCCCc1ncc(-c2ccc([N+](=O)[O-])cc2)o1. The zero-order valence-corrected chi connectivity index (χ0v) is 9.70. The lowest BCUT2D eigenvalue weighted by molar-refractivity contribution is -0.384. The quantitative estimate of drug-likeness (QED) is 0.645. The minimum absolute atomic E-state index is 0.0571. The van der Waals surface area contributed by atoms with Gasteiger partial charge in [0.05, 0.1) is 11.1 Å². The molecule has 0 radical (unpaired) electrons. The second kappa shape index (κ2) is 5.42. The maximum Gasteiger partial charge on any atom is 0.269 e. The number of aromatic nitrogens is 1. The van der Waals surface area contributed by atoms with E-state index in [4.69, 9.17) is 10.2 Å². The Morgan fingerprint density at radius 3 is 2.67 bits per heavy atom. The van der Waals surface area contributed by atoms with E-state index in [0.717, 1.165) is 12.0 Å². The van der Waals surface area contributed by atoms with E-state index >= 15 is 0 Å². The van der Waals surface area contributed by atoms with Crippen LogP contribution in [0, 0.1) is 10.1 Å². The first-order valence-electron chi connectivity index (χ1n) is 5.60. The number of benzene rings is 1. The summed E-state index contributed by atoms with van der Waals surface area (Å²) < 4.78 is 5.54. The summed E-state index contributed by atoms with van der Waals surface area (Å²) in [5.74, 6) is 1.24. The van der Waals surface area contributed by atoms with Crippen LogP contribution in [0.5, 0.6) is 0 Å². The molecule has 18 heavy (non-hydrogen) atoms. The maximum atomic E-state index is 10.5. The van der Waals surface area contributed by atoms with E-state index in [-0.39, 0.29) is 5.69 Å². The van der Waals surface area contributed by atoms with Crippen LogP contribution in [0.2, 0.25) is 0 Å². The Bertz CT molecular complexity index is 534. The zero-order valence-electron chi connectivity index (χ0n) is 9.70. The third-order valence-electron chi connectivity index (χ3n) is 2.51. The van der Waals surface area contributed by atoms with Crippen LogP contribution < -0.4 is 5.73 Å². The van der Waals surface area contributed by atoms with Crippen molar-refractivity contribution in [2.75, 3.05) is 6.54 Å². The predicted octanol–water partition coefficient (Wildman–Crippen LogP) is 2.14. The Hall–Kier alpha value is -2.21. The molecule has 0 unspecified atom stereocenters. The van der Waals surface area contributed by atoms with Crippen LogP contribution in [-0.2, 0) is 6.42 Å². The Kier molecular flexibility index (Phi) is 3.69. The smallest absolute Gasteiger partial charge is 0.269 e. The fraction of sp³-hybridized carbons (Fsp3) is 0.250. The number of nitrogens with zero attached hydrogens (tertiary/aromatic N) is 2. The van der Waals surface area contributed by atoms with E-state index < -0.39 is 4.92 Å². The summed E-state index contributed by atoms with van der Waals surface area (Å²) in [6.45, 7) is 0.593. The minimum atomic E-state index is -0.434. The molecule has 2 N–H and O–H groups in total. The van der Waals surface area contributed by atoms with E-state index in [1.54, 1.807) is 18.3 Å². The average molecular weight is 247 g/mol. The molecule has 0 fully saturated rings. The van der Waals surface area contributed by atoms with Gasteiger partial charge in [0.2, 0.25) is 0 Å². The number of hydrogen-bond donors (Lipinski definition) is 1. The zero-order chi connectivity index (χ0) is 13.0. The van der Waals surface area contributed by atoms with Crippen molar-refractivity contribution in [3.63, 3.8) is 0 Å². The van der Waals surface area contributed by atoms with Crippen molar-refractivity contribution >= 4 is 5.69 Å². The largest absolute Gasteiger partial charge is 0.441 e. The summed E-state index contributed by atoms with van der Waals surface area (Å²) in [4.78, 5) is 14.2. The topological polar surface area (TPSA) is 95.2 Å². The van der Waals surface area contributed by atoms with Gasteiger partial charge in [0.1, 0.15) is 0 Å². The van der Waals surface area contributed by atoms with Gasteiger partial charge in [0.25, 0.3) is 5.69 Å². The molecule has 0 bridgehead atoms. The van der Waals surface area contributed by atoms with Crippen molar-refractivity contribution in [3.8, 4) is 11.3 Å². The van der Waals surface area contributed by atoms with Crippen LogP contribution in [0.1, 0.15) is 12.3 Å². The first-order valence-corrected chi connectivity index (χ1v) is 5.60. The summed E-state index contributed by atoms with van der Waals surface area (Å²) in [5.41, 5.74) is 6.23. The molecular weight excluding hydrogens is 234 g/mol. The second-order valence-electron chi connectivity index (χ2n) is 3.81. The van der Waals surface area contributed by atoms with Crippen molar-refractivity contribution in [2.24, 2.45) is 5.73 Å². The number of nitro benzene ring substituents is 1. The predicted molar refractivity (Wildman–Crippen MR) is 66.0 cm³/mol. The molecule has 1 aromatic carbocycles. The second-order valence-corrected chi connectivity index (χ2v) is 3.81. The summed E-state index contributed by atoms with van der Waals surface area (Å²) in [5, 5.41) is 10.5. The fourth-order valence-electron chi connectivity index (χ4n) is 1.56. The van der Waals surface area contributed by atoms with Gasteiger partial charge in [0.15, 0.2) is 11.7 Å². The van der Waals surface area contributed by atoms with Crippen LogP contribution in [0.3, 0.4) is 0 Å². The number of nitrogens with two attached hydrogens (primary N) is 1. The van der Waals surface area contributed by atoms with E-state index in [0.29, 0.717) is 24.6 Å². The first kappa shape index (κ1) is 12.3. The summed E-state index contributed by atoms with van der Waals surface area (Å²) >= 11 is 0. The standard InChI is InChI=1S/C12H13N3O3/c13-7-1-2-12-14-8-11(18-12)9-3-5-10(6-4-9)15(16)17/h3-6,8H,1-2,7,13H2. The van der Waals surface area contributed by atoms with Crippen LogP contribution >= 0.6 is 0 Å². The van der Waals surface area contributed by atoms with Gasteiger partial charge in [-0.15, -0.1) is 0 Å². The van der Waals surface area contributed by atoms with Gasteiger partial charge in [-0.3, -0.25) is 10.1 Å². The average Bonchev–Trinajstić information content (AvgIpc) is 2.85. The van der Waals surface area contributed by atoms with E-state index in [1.165, 1.54) is 12.1 Å². The van der Waals surface area contributed by atoms with Crippen LogP contribution in [0.4, 0.5) is 5.69 Å². The molecule has 0 saturated heterocycles. The van der Waals surface area contributed by atoms with Gasteiger partial charge in [0, 0.05) is 24.1 Å². The van der Waals surface area contributed by atoms with Crippen molar-refractivity contribution in [1.29, 1.82) is 0 Å². The number of non-ortho nitro benzene ring substituents is 1. The lowest BCUT2D eigenvalue weighted by atomic mass is 10.2. The lowest BCUT2D eigenvalue weighted by Gasteiger charge is -1.96. The molecule has 0 aliphatic rings. The highest BCUT2D eigenvalue weighted by molar-refractivity contribution is 5.58. The number of aryl methyl sites for hydroxylation is 1. The van der Waals surface area contributed by atoms with Crippen molar-refractivity contribution < 1.29 is 9.34 Å². The molecule has 94 valence electrons. The third-order valence-corrected chi connectivity index (χ3v) is 2.51. The summed E-state index contributed by atoms with van der Waals surface area (Å²) in [6, 6.07) is 6.17. The van der Waals surface area contributed by atoms with Crippen LogP contribution in [-0.4, -0.2) is 16.5 Å². The molecule has 6 heteroatoms. The molecule has 0 aliphatic carbocycles. The molecule has 0 aliphatic heterocycles. The molecular formula is C12H13N3O3. The summed E-state index contributed by atoms with van der Waals surface area (Å²) in [6.07, 6.45) is 3.14. The highest BCUT2D eigenvalue weighted by Gasteiger charge is 2.09. The summed E-state index contributed by atoms with van der Waals surface area (Å²) in [7, 11) is 0. The highest BCUT2D eigenvalue weighted by Crippen LogP contribution is 2.23. The Balaban J connectivity index is 2.15. The van der Waals surface area contributed by atoms with E-state index in [9.17, 15) is 10.1 Å². The highest BCUT2D eigenvalue weighted by atomic mass is 16.6. The number of hydrogen-bond acceptors (Lipinski definition) is 5. The molecule has 6 nitrogen and oxygen atoms in total. The molecule has 0 spiro atoms. The fourth-order valence-corrected chi connectivity index (χ4v) is 1.56.